The van der Waals surface area contributed by atoms with Gasteiger partial charge in [0.1, 0.15) is 0 Å². The average Bonchev–Trinajstić information content (AvgIpc) is 1.55. The minimum atomic E-state index is 1.22. The molecule has 0 amide bonds. The van der Waals surface area contributed by atoms with Crippen LogP contribution in [0.3, 0.4) is 0 Å². The molecule has 1 aliphatic carbocycles. The summed E-state index contributed by atoms with van der Waals surface area (Å²) in [5, 5.41) is 0. The van der Waals surface area contributed by atoms with E-state index in [4.69, 9.17) is 5.73 Å². The molecule has 7 heavy (non-hydrogen) atoms. The van der Waals surface area contributed by atoms with Gasteiger partial charge in [-0.2, -0.15) is 0 Å². The first-order chi connectivity index (χ1) is 3.43. The Morgan fingerprint density at radius 1 is 1.71 bits per heavy atom. The molecule has 0 atom stereocenters. The maximum Gasteiger partial charge on any atom is -0.00597 e. The van der Waals surface area contributed by atoms with Crippen molar-refractivity contribution >= 4 is 0 Å². The Kier molecular flexibility index (Phi) is 1.16. The molecule has 0 aromatic rings. The highest BCUT2D eigenvalue weighted by atomic mass is 14.5. The highest BCUT2D eigenvalue weighted by Gasteiger charge is 1.98. The highest BCUT2D eigenvalue weighted by molar-refractivity contribution is 5.24. The molecule has 0 radical (unpaired) electrons. The molecular formula is C6H9N. The standard InChI is InChI=1S/C6H9N/c7-5-4-6-2-1-3-6/h2,4-5H,1,3,7H2. The van der Waals surface area contributed by atoms with Crippen molar-refractivity contribution in [3.8, 4) is 0 Å². The van der Waals surface area contributed by atoms with E-state index in [1.54, 1.807) is 6.20 Å². The molecule has 1 aliphatic rings. The molecule has 1 nitrogen and oxygen atoms in total. The largest absolute Gasteiger partial charge is 0.405 e. The van der Waals surface area contributed by atoms with Gasteiger partial charge in [-0.05, 0) is 25.1 Å². The van der Waals surface area contributed by atoms with E-state index >= 15 is 0 Å². The summed E-state index contributed by atoms with van der Waals surface area (Å²) in [6, 6.07) is 0. The quantitative estimate of drug-likeness (QED) is 0.520. The Balaban J connectivity index is 2.41. The summed E-state index contributed by atoms with van der Waals surface area (Å²) in [5.74, 6) is 0. The van der Waals surface area contributed by atoms with Gasteiger partial charge in [0.25, 0.3) is 0 Å². The van der Waals surface area contributed by atoms with E-state index in [9.17, 15) is 0 Å². The lowest BCUT2D eigenvalue weighted by atomic mass is 9.99. The van der Waals surface area contributed by atoms with Crippen LogP contribution in [0, 0.1) is 0 Å². The summed E-state index contributed by atoms with van der Waals surface area (Å²) < 4.78 is 0. The van der Waals surface area contributed by atoms with Gasteiger partial charge in [0.05, 0.1) is 0 Å². The molecule has 2 N–H and O–H groups in total. The Hall–Kier alpha value is -0.720. The van der Waals surface area contributed by atoms with E-state index in [-0.39, 0.29) is 0 Å². The lowest BCUT2D eigenvalue weighted by Gasteiger charge is -2.07. The second-order valence-electron chi connectivity index (χ2n) is 1.68. The van der Waals surface area contributed by atoms with Crippen LogP contribution >= 0.6 is 0 Å². The Bertz CT molecular complexity index is 111. The average molecular weight is 95.1 g/mol. The lowest BCUT2D eigenvalue weighted by Crippen LogP contribution is -1.90. The van der Waals surface area contributed by atoms with Gasteiger partial charge < -0.3 is 5.73 Å². The van der Waals surface area contributed by atoms with Crippen LogP contribution in [0.25, 0.3) is 0 Å². The second-order valence-corrected chi connectivity index (χ2v) is 1.68. The van der Waals surface area contributed by atoms with Crippen LogP contribution in [0.2, 0.25) is 0 Å². The molecule has 0 aromatic heterocycles. The van der Waals surface area contributed by atoms with Gasteiger partial charge in [-0.3, -0.25) is 0 Å². The van der Waals surface area contributed by atoms with E-state index < -0.39 is 0 Å². The van der Waals surface area contributed by atoms with E-state index in [0.717, 1.165) is 0 Å². The summed E-state index contributed by atoms with van der Waals surface area (Å²) >= 11 is 0. The van der Waals surface area contributed by atoms with Gasteiger partial charge in [0.15, 0.2) is 0 Å². The Morgan fingerprint density at radius 2 is 2.43 bits per heavy atom. The van der Waals surface area contributed by atoms with E-state index in [1.165, 1.54) is 18.4 Å². The molecule has 0 unspecified atom stereocenters. The maximum absolute atomic E-state index is 5.12. The zero-order chi connectivity index (χ0) is 5.11. The number of hydrogen-bond acceptors (Lipinski definition) is 1. The summed E-state index contributed by atoms with van der Waals surface area (Å²) in [7, 11) is 0. The van der Waals surface area contributed by atoms with Gasteiger partial charge in [0, 0.05) is 0 Å². The zero-order valence-electron chi connectivity index (χ0n) is 4.22. The predicted octanol–water partition coefficient (Wildman–Crippen LogP) is 1.18. The molecule has 0 aliphatic heterocycles. The molecular weight excluding hydrogens is 86.1 g/mol. The molecule has 0 bridgehead atoms. The summed E-state index contributed by atoms with van der Waals surface area (Å²) in [6.45, 7) is 0. The van der Waals surface area contributed by atoms with Crippen LogP contribution < -0.4 is 5.73 Å². The lowest BCUT2D eigenvalue weighted by molar-refractivity contribution is 0.906. The van der Waals surface area contributed by atoms with Crippen LogP contribution in [0.15, 0.2) is 23.9 Å². The molecule has 0 fully saturated rings. The molecule has 0 saturated heterocycles. The van der Waals surface area contributed by atoms with Crippen molar-refractivity contribution in [2.45, 2.75) is 12.8 Å². The number of hydrogen-bond donors (Lipinski definition) is 1. The zero-order valence-corrected chi connectivity index (χ0v) is 4.22. The minimum Gasteiger partial charge on any atom is -0.405 e. The first kappa shape index (κ1) is 4.44. The minimum absolute atomic E-state index is 1.22. The van der Waals surface area contributed by atoms with Gasteiger partial charge in [-0.1, -0.05) is 11.6 Å². The van der Waals surface area contributed by atoms with Gasteiger partial charge >= 0.3 is 0 Å². The maximum atomic E-state index is 5.12. The highest BCUT2D eigenvalue weighted by Crippen LogP contribution is 2.17. The third-order valence-electron chi connectivity index (χ3n) is 1.15. The molecule has 0 aromatic carbocycles. The van der Waals surface area contributed by atoms with Crippen LogP contribution in [0.5, 0.6) is 0 Å². The van der Waals surface area contributed by atoms with Crippen molar-refractivity contribution in [2.24, 2.45) is 5.73 Å². The van der Waals surface area contributed by atoms with Crippen molar-refractivity contribution in [1.29, 1.82) is 0 Å². The fourth-order valence-electron chi connectivity index (χ4n) is 0.586. The summed E-state index contributed by atoms with van der Waals surface area (Å²) in [4.78, 5) is 0. The number of nitrogens with two attached hydrogens (primary N) is 1. The topological polar surface area (TPSA) is 26.0 Å². The van der Waals surface area contributed by atoms with Crippen molar-refractivity contribution in [3.63, 3.8) is 0 Å². The van der Waals surface area contributed by atoms with E-state index in [1.807, 2.05) is 6.08 Å². The molecule has 1 rings (SSSR count). The molecule has 38 valence electrons. The van der Waals surface area contributed by atoms with E-state index in [2.05, 4.69) is 6.08 Å². The van der Waals surface area contributed by atoms with Crippen molar-refractivity contribution in [3.05, 3.63) is 23.9 Å². The third-order valence-corrected chi connectivity index (χ3v) is 1.15. The van der Waals surface area contributed by atoms with Crippen LogP contribution in [0.1, 0.15) is 12.8 Å². The fourth-order valence-corrected chi connectivity index (χ4v) is 0.586. The van der Waals surface area contributed by atoms with E-state index in [0.29, 0.717) is 0 Å². The smallest absolute Gasteiger partial charge is 0.00597 e. The van der Waals surface area contributed by atoms with Gasteiger partial charge in [-0.15, -0.1) is 0 Å². The SMILES string of the molecule is NC=CC1=CCC1. The van der Waals surface area contributed by atoms with Crippen molar-refractivity contribution in [1.82, 2.24) is 0 Å². The van der Waals surface area contributed by atoms with Gasteiger partial charge in [-0.25, -0.2) is 0 Å². The second kappa shape index (κ2) is 1.82. The normalized spacial score (nSPS) is 19.1. The summed E-state index contributed by atoms with van der Waals surface area (Å²) in [5.41, 5.74) is 6.49. The summed E-state index contributed by atoms with van der Waals surface area (Å²) in [6.07, 6.45) is 8.17. The molecule has 0 heterocycles. The number of allylic oxidation sites excluding steroid dienone is 3. The van der Waals surface area contributed by atoms with Crippen LogP contribution in [0.4, 0.5) is 0 Å². The van der Waals surface area contributed by atoms with Crippen LogP contribution in [-0.2, 0) is 0 Å². The molecule has 1 heteroatoms. The van der Waals surface area contributed by atoms with Crippen molar-refractivity contribution in [2.75, 3.05) is 0 Å². The monoisotopic (exact) mass is 95.1 g/mol. The first-order valence-electron chi connectivity index (χ1n) is 2.51. The molecule has 0 spiro atoms. The van der Waals surface area contributed by atoms with Crippen LogP contribution in [-0.4, -0.2) is 0 Å². The predicted molar refractivity (Wildman–Crippen MR) is 30.6 cm³/mol. The number of rotatable bonds is 1. The Morgan fingerprint density at radius 3 is 2.57 bits per heavy atom. The first-order valence-corrected chi connectivity index (χ1v) is 2.51. The molecule has 0 saturated carbocycles. The van der Waals surface area contributed by atoms with Crippen molar-refractivity contribution < 1.29 is 0 Å². The Labute approximate surface area is 43.5 Å². The third kappa shape index (κ3) is 0.829. The fraction of sp³-hybridized carbons (Fsp3) is 0.333. The van der Waals surface area contributed by atoms with Gasteiger partial charge in [0.2, 0.25) is 0 Å².